The van der Waals surface area contributed by atoms with Crippen molar-refractivity contribution in [2.45, 2.75) is 6.54 Å². The third-order valence-electron chi connectivity index (χ3n) is 2.59. The number of aromatic nitrogens is 2. The van der Waals surface area contributed by atoms with Gasteiger partial charge in [0.15, 0.2) is 5.69 Å². The smallest absolute Gasteiger partial charge is 0.357 e. The van der Waals surface area contributed by atoms with E-state index in [0.29, 0.717) is 27.4 Å². The fourth-order valence-corrected chi connectivity index (χ4v) is 2.47. The number of hydrogen-bond donors (Lipinski definition) is 1. The van der Waals surface area contributed by atoms with Crippen LogP contribution in [0.2, 0.25) is 10.2 Å². The SMILES string of the molecule is COC(=O)c1nc(Cl)cc(NCc2ncccc2Cl)c1Br. The lowest BCUT2D eigenvalue weighted by atomic mass is 10.3. The number of methoxy groups -OCH3 is 1. The summed E-state index contributed by atoms with van der Waals surface area (Å²) in [6, 6.07) is 5.09. The Morgan fingerprint density at radius 2 is 2.24 bits per heavy atom. The van der Waals surface area contributed by atoms with E-state index >= 15 is 0 Å². The van der Waals surface area contributed by atoms with Crippen LogP contribution in [-0.2, 0) is 11.3 Å². The fraction of sp³-hybridized carbons (Fsp3) is 0.154. The zero-order chi connectivity index (χ0) is 15.4. The Labute approximate surface area is 139 Å². The minimum Gasteiger partial charge on any atom is -0.464 e. The monoisotopic (exact) mass is 389 g/mol. The summed E-state index contributed by atoms with van der Waals surface area (Å²) in [5.41, 5.74) is 1.37. The maximum Gasteiger partial charge on any atom is 0.357 e. The zero-order valence-electron chi connectivity index (χ0n) is 10.9. The van der Waals surface area contributed by atoms with E-state index in [4.69, 9.17) is 23.2 Å². The molecule has 0 fully saturated rings. The lowest BCUT2D eigenvalue weighted by molar-refractivity contribution is 0.0593. The topological polar surface area (TPSA) is 64.1 Å². The van der Waals surface area contributed by atoms with E-state index in [9.17, 15) is 4.79 Å². The molecule has 0 amide bonds. The number of carbonyl (C=O) groups is 1. The van der Waals surface area contributed by atoms with E-state index in [-0.39, 0.29) is 10.8 Å². The van der Waals surface area contributed by atoms with E-state index in [2.05, 4.69) is 36.0 Å². The minimum atomic E-state index is -0.580. The molecule has 110 valence electrons. The molecule has 0 spiro atoms. The highest BCUT2D eigenvalue weighted by Gasteiger charge is 2.17. The van der Waals surface area contributed by atoms with Crippen molar-refractivity contribution >= 4 is 50.8 Å². The molecular weight excluding hydrogens is 381 g/mol. The Kier molecular flexibility index (Phi) is 5.39. The summed E-state index contributed by atoms with van der Waals surface area (Å²) in [5.74, 6) is -0.580. The number of ether oxygens (including phenoxy) is 1. The largest absolute Gasteiger partial charge is 0.464 e. The Morgan fingerprint density at radius 1 is 1.48 bits per heavy atom. The Balaban J connectivity index is 2.26. The Hall–Kier alpha value is -1.37. The summed E-state index contributed by atoms with van der Waals surface area (Å²) in [7, 11) is 1.28. The van der Waals surface area contributed by atoms with Crippen LogP contribution in [0.25, 0.3) is 0 Å². The number of pyridine rings is 2. The Bertz CT molecular complexity index is 682. The van der Waals surface area contributed by atoms with Gasteiger partial charge in [-0.15, -0.1) is 0 Å². The molecule has 2 aromatic heterocycles. The van der Waals surface area contributed by atoms with Crippen LogP contribution in [0.1, 0.15) is 16.2 Å². The molecule has 21 heavy (non-hydrogen) atoms. The van der Waals surface area contributed by atoms with E-state index < -0.39 is 5.97 Å². The lowest BCUT2D eigenvalue weighted by Crippen LogP contribution is -2.09. The van der Waals surface area contributed by atoms with Crippen LogP contribution in [0, 0.1) is 0 Å². The molecule has 5 nitrogen and oxygen atoms in total. The van der Waals surface area contributed by atoms with Gasteiger partial charge in [-0.3, -0.25) is 4.98 Å². The molecule has 8 heteroatoms. The number of anilines is 1. The summed E-state index contributed by atoms with van der Waals surface area (Å²) in [4.78, 5) is 19.7. The van der Waals surface area contributed by atoms with Crippen molar-refractivity contribution in [3.05, 3.63) is 50.4 Å². The van der Waals surface area contributed by atoms with Crippen molar-refractivity contribution in [3.8, 4) is 0 Å². The predicted molar refractivity (Wildman–Crippen MR) is 84.9 cm³/mol. The molecule has 0 aliphatic rings. The third-order valence-corrected chi connectivity index (χ3v) is 3.93. The van der Waals surface area contributed by atoms with Crippen molar-refractivity contribution in [3.63, 3.8) is 0 Å². The average Bonchev–Trinajstić information content (AvgIpc) is 2.48. The summed E-state index contributed by atoms with van der Waals surface area (Å²) < 4.78 is 5.12. The molecule has 0 atom stereocenters. The molecule has 2 aromatic rings. The molecule has 0 bridgehead atoms. The van der Waals surface area contributed by atoms with Crippen molar-refractivity contribution in [1.29, 1.82) is 0 Å². The minimum absolute atomic E-state index is 0.0969. The number of rotatable bonds is 4. The summed E-state index contributed by atoms with van der Waals surface area (Å²) in [6.45, 7) is 0.374. The number of halogens is 3. The molecule has 1 N–H and O–H groups in total. The number of hydrogen-bond acceptors (Lipinski definition) is 5. The van der Waals surface area contributed by atoms with Gasteiger partial charge in [0.2, 0.25) is 0 Å². The fourth-order valence-electron chi connectivity index (χ4n) is 1.59. The van der Waals surface area contributed by atoms with Gasteiger partial charge in [0.1, 0.15) is 5.15 Å². The quantitative estimate of drug-likeness (QED) is 0.632. The van der Waals surface area contributed by atoms with Crippen molar-refractivity contribution in [1.82, 2.24) is 9.97 Å². The first kappa shape index (κ1) is 16.0. The first-order valence-electron chi connectivity index (χ1n) is 5.80. The standard InChI is InChI=1S/C13H10BrCl2N3O2/c1-21-13(20)12-11(14)8(5-10(16)19-12)18-6-9-7(15)3-2-4-17-9/h2-5H,6H2,1H3,(H,18,19). The summed E-state index contributed by atoms with van der Waals surface area (Å²) in [6.07, 6.45) is 1.65. The highest BCUT2D eigenvalue weighted by atomic mass is 79.9. The second-order valence-electron chi connectivity index (χ2n) is 3.93. The molecule has 0 aliphatic heterocycles. The van der Waals surface area contributed by atoms with Crippen molar-refractivity contribution < 1.29 is 9.53 Å². The van der Waals surface area contributed by atoms with Gasteiger partial charge in [0, 0.05) is 6.20 Å². The number of esters is 1. The first-order chi connectivity index (χ1) is 10.0. The van der Waals surface area contributed by atoms with Gasteiger partial charge in [-0.25, -0.2) is 9.78 Å². The van der Waals surface area contributed by atoms with Crippen molar-refractivity contribution in [2.75, 3.05) is 12.4 Å². The normalized spacial score (nSPS) is 10.3. The van der Waals surface area contributed by atoms with Crippen LogP contribution >= 0.6 is 39.1 Å². The van der Waals surface area contributed by atoms with Gasteiger partial charge in [-0.05, 0) is 34.1 Å². The molecule has 0 saturated carbocycles. The molecule has 2 heterocycles. The van der Waals surface area contributed by atoms with Crippen LogP contribution in [-0.4, -0.2) is 23.0 Å². The number of nitrogens with zero attached hydrogens (tertiary/aromatic N) is 2. The third kappa shape index (κ3) is 3.84. The zero-order valence-corrected chi connectivity index (χ0v) is 14.0. The van der Waals surface area contributed by atoms with E-state index in [1.54, 1.807) is 24.4 Å². The average molecular weight is 391 g/mol. The number of nitrogens with one attached hydrogen (secondary N) is 1. The van der Waals surface area contributed by atoms with Crippen LogP contribution in [0.15, 0.2) is 28.9 Å². The highest BCUT2D eigenvalue weighted by molar-refractivity contribution is 9.10. The molecule has 0 radical (unpaired) electrons. The van der Waals surface area contributed by atoms with E-state index in [0.717, 1.165) is 0 Å². The Morgan fingerprint density at radius 3 is 2.90 bits per heavy atom. The van der Waals surface area contributed by atoms with Crippen molar-refractivity contribution in [2.24, 2.45) is 0 Å². The molecule has 0 unspecified atom stereocenters. The molecule has 0 saturated heterocycles. The maximum absolute atomic E-state index is 11.6. The van der Waals surface area contributed by atoms with Gasteiger partial charge in [0.05, 0.1) is 34.5 Å². The summed E-state index contributed by atoms with van der Waals surface area (Å²) >= 11 is 15.3. The van der Waals surface area contributed by atoms with Gasteiger partial charge in [0.25, 0.3) is 0 Å². The molecule has 0 aliphatic carbocycles. The molecular formula is C13H10BrCl2N3O2. The van der Waals surface area contributed by atoms with Gasteiger partial charge < -0.3 is 10.1 Å². The predicted octanol–water partition coefficient (Wildman–Crippen LogP) is 3.94. The second-order valence-corrected chi connectivity index (χ2v) is 5.52. The van der Waals surface area contributed by atoms with E-state index in [1.165, 1.54) is 7.11 Å². The highest BCUT2D eigenvalue weighted by Crippen LogP contribution is 2.29. The van der Waals surface area contributed by atoms with Crippen LogP contribution in [0.4, 0.5) is 5.69 Å². The van der Waals surface area contributed by atoms with Crippen LogP contribution < -0.4 is 5.32 Å². The second kappa shape index (κ2) is 7.06. The lowest BCUT2D eigenvalue weighted by Gasteiger charge is -2.11. The van der Waals surface area contributed by atoms with Gasteiger partial charge in [-0.2, -0.15) is 0 Å². The van der Waals surface area contributed by atoms with Crippen LogP contribution in [0.5, 0.6) is 0 Å². The van der Waals surface area contributed by atoms with Gasteiger partial charge in [-0.1, -0.05) is 23.2 Å². The maximum atomic E-state index is 11.6. The van der Waals surface area contributed by atoms with Crippen LogP contribution in [0.3, 0.4) is 0 Å². The van der Waals surface area contributed by atoms with Gasteiger partial charge >= 0.3 is 5.97 Å². The molecule has 2 rings (SSSR count). The summed E-state index contributed by atoms with van der Waals surface area (Å²) in [5, 5.41) is 3.83. The van der Waals surface area contributed by atoms with E-state index in [1.807, 2.05) is 0 Å². The molecule has 0 aromatic carbocycles. The number of carbonyl (C=O) groups excluding carboxylic acids is 1. The first-order valence-corrected chi connectivity index (χ1v) is 7.35.